The van der Waals surface area contributed by atoms with E-state index in [4.69, 9.17) is 5.26 Å². The molecule has 0 bridgehead atoms. The minimum atomic E-state index is -0.456. The maximum absolute atomic E-state index is 12.1. The number of carbonyl (C=O) groups excluding carboxylic acids is 2. The molecular formula is C14H15N3O3. The third-order valence-corrected chi connectivity index (χ3v) is 3.35. The number of nitrogens with zero attached hydrogens (tertiary/aromatic N) is 2. The maximum Gasteiger partial charge on any atom is 0.311 e. The molecule has 6 nitrogen and oxygen atoms in total. The number of ether oxygens (including phenoxy) is 1. The van der Waals surface area contributed by atoms with Crippen molar-refractivity contribution in [3.63, 3.8) is 0 Å². The molecule has 1 unspecified atom stereocenters. The van der Waals surface area contributed by atoms with E-state index in [0.29, 0.717) is 11.3 Å². The Morgan fingerprint density at radius 3 is 2.90 bits per heavy atom. The molecule has 104 valence electrons. The van der Waals surface area contributed by atoms with E-state index in [1.165, 1.54) is 12.0 Å². The van der Waals surface area contributed by atoms with Crippen LogP contribution in [0.3, 0.4) is 0 Å². The molecule has 1 atom stereocenters. The smallest absolute Gasteiger partial charge is 0.311 e. The van der Waals surface area contributed by atoms with Crippen LogP contribution in [0.4, 0.5) is 11.4 Å². The van der Waals surface area contributed by atoms with Crippen LogP contribution in [0, 0.1) is 17.2 Å². The summed E-state index contributed by atoms with van der Waals surface area (Å²) >= 11 is 0. The molecule has 1 fully saturated rings. The fourth-order valence-corrected chi connectivity index (χ4v) is 2.30. The number of esters is 1. The van der Waals surface area contributed by atoms with E-state index in [1.807, 2.05) is 6.07 Å². The Balaban J connectivity index is 2.34. The van der Waals surface area contributed by atoms with Crippen LogP contribution in [0.5, 0.6) is 0 Å². The Labute approximate surface area is 116 Å². The molecule has 0 aliphatic carbocycles. The van der Waals surface area contributed by atoms with Gasteiger partial charge < -0.3 is 15.0 Å². The highest BCUT2D eigenvalue weighted by atomic mass is 16.5. The van der Waals surface area contributed by atoms with E-state index >= 15 is 0 Å². The van der Waals surface area contributed by atoms with Gasteiger partial charge in [0.25, 0.3) is 0 Å². The van der Waals surface area contributed by atoms with Crippen molar-refractivity contribution in [2.24, 2.45) is 5.92 Å². The number of nitrogens with one attached hydrogen (secondary N) is 1. The van der Waals surface area contributed by atoms with Gasteiger partial charge in [0.15, 0.2) is 0 Å². The van der Waals surface area contributed by atoms with Crippen molar-refractivity contribution in [1.29, 1.82) is 5.26 Å². The zero-order chi connectivity index (χ0) is 14.7. The third kappa shape index (κ3) is 2.43. The molecule has 1 aliphatic heterocycles. The summed E-state index contributed by atoms with van der Waals surface area (Å²) in [5.74, 6) is -0.988. The number of rotatable bonds is 3. The molecule has 1 amide bonds. The van der Waals surface area contributed by atoms with Gasteiger partial charge in [0.1, 0.15) is 0 Å². The molecule has 0 radical (unpaired) electrons. The Morgan fingerprint density at radius 1 is 1.55 bits per heavy atom. The molecule has 1 aromatic rings. The van der Waals surface area contributed by atoms with Crippen molar-refractivity contribution < 1.29 is 14.3 Å². The molecule has 20 heavy (non-hydrogen) atoms. The fourth-order valence-electron chi connectivity index (χ4n) is 2.30. The number of hydrogen-bond donors (Lipinski definition) is 1. The van der Waals surface area contributed by atoms with E-state index in [0.717, 1.165) is 5.69 Å². The number of amides is 1. The van der Waals surface area contributed by atoms with Gasteiger partial charge in [-0.25, -0.2) is 0 Å². The standard InChI is InChI=1S/C14H15N3O3/c1-16-11-4-3-9(7-15)5-12(11)17-8-10(6-13(17)18)14(19)20-2/h3-5,10,16H,6,8H2,1-2H3. The molecule has 1 N–H and O–H groups in total. The van der Waals surface area contributed by atoms with E-state index in [2.05, 4.69) is 10.1 Å². The van der Waals surface area contributed by atoms with Crippen LogP contribution < -0.4 is 10.2 Å². The predicted molar refractivity (Wildman–Crippen MR) is 73.2 cm³/mol. The summed E-state index contributed by atoms with van der Waals surface area (Å²) < 4.78 is 4.68. The molecule has 1 aliphatic rings. The fraction of sp³-hybridized carbons (Fsp3) is 0.357. The largest absolute Gasteiger partial charge is 0.469 e. The predicted octanol–water partition coefficient (Wildman–Crippen LogP) is 1.13. The lowest BCUT2D eigenvalue weighted by Gasteiger charge is -2.20. The summed E-state index contributed by atoms with van der Waals surface area (Å²) in [5, 5.41) is 11.9. The monoisotopic (exact) mass is 273 g/mol. The normalized spacial score (nSPS) is 17.8. The average Bonchev–Trinajstić information content (AvgIpc) is 2.87. The summed E-state index contributed by atoms with van der Waals surface area (Å²) in [6.45, 7) is 0.273. The van der Waals surface area contributed by atoms with Gasteiger partial charge >= 0.3 is 5.97 Å². The highest BCUT2D eigenvalue weighted by Gasteiger charge is 2.36. The molecule has 0 saturated carbocycles. The molecule has 1 heterocycles. The van der Waals surface area contributed by atoms with Gasteiger partial charge in [-0.1, -0.05) is 0 Å². The van der Waals surface area contributed by atoms with Crippen molar-refractivity contribution in [2.45, 2.75) is 6.42 Å². The first-order chi connectivity index (χ1) is 9.60. The zero-order valence-corrected chi connectivity index (χ0v) is 11.3. The van der Waals surface area contributed by atoms with Gasteiger partial charge in [-0.3, -0.25) is 9.59 Å². The summed E-state index contributed by atoms with van der Waals surface area (Å²) in [7, 11) is 3.05. The Morgan fingerprint density at radius 2 is 2.30 bits per heavy atom. The van der Waals surface area contributed by atoms with Crippen LogP contribution >= 0.6 is 0 Å². The molecule has 1 aromatic carbocycles. The number of anilines is 2. The Hall–Kier alpha value is -2.55. The summed E-state index contributed by atoms with van der Waals surface area (Å²) in [6.07, 6.45) is 0.132. The number of methoxy groups -OCH3 is 1. The second-order valence-electron chi connectivity index (χ2n) is 4.52. The van der Waals surface area contributed by atoms with Gasteiger partial charge in [0, 0.05) is 20.0 Å². The highest BCUT2D eigenvalue weighted by Crippen LogP contribution is 2.32. The topological polar surface area (TPSA) is 82.4 Å². The molecule has 2 rings (SSSR count). The minimum Gasteiger partial charge on any atom is -0.469 e. The highest BCUT2D eigenvalue weighted by molar-refractivity contribution is 6.02. The summed E-state index contributed by atoms with van der Waals surface area (Å²) in [5.41, 5.74) is 1.82. The van der Waals surface area contributed by atoms with Crippen LogP contribution in [0.15, 0.2) is 18.2 Å². The number of nitriles is 1. The van der Waals surface area contributed by atoms with Crippen molar-refractivity contribution in [2.75, 3.05) is 30.9 Å². The van der Waals surface area contributed by atoms with Gasteiger partial charge in [0.05, 0.1) is 36.0 Å². The first-order valence-electron chi connectivity index (χ1n) is 6.20. The average molecular weight is 273 g/mol. The van der Waals surface area contributed by atoms with Crippen molar-refractivity contribution in [1.82, 2.24) is 0 Å². The van der Waals surface area contributed by atoms with Crippen LogP contribution in [-0.2, 0) is 14.3 Å². The molecular weight excluding hydrogens is 258 g/mol. The van der Waals surface area contributed by atoms with Gasteiger partial charge in [-0.2, -0.15) is 5.26 Å². The lowest BCUT2D eigenvalue weighted by Crippen LogP contribution is -2.27. The number of carbonyl (C=O) groups is 2. The summed E-state index contributed by atoms with van der Waals surface area (Å²) in [4.78, 5) is 25.1. The zero-order valence-electron chi connectivity index (χ0n) is 11.3. The van der Waals surface area contributed by atoms with Crippen LogP contribution in [0.25, 0.3) is 0 Å². The molecule has 0 aromatic heterocycles. The van der Waals surface area contributed by atoms with E-state index in [9.17, 15) is 9.59 Å². The first kappa shape index (κ1) is 13.9. The van der Waals surface area contributed by atoms with Crippen LogP contribution in [-0.4, -0.2) is 32.6 Å². The first-order valence-corrected chi connectivity index (χ1v) is 6.20. The Kier molecular flexibility index (Phi) is 3.89. The van der Waals surface area contributed by atoms with E-state index in [1.54, 1.807) is 25.2 Å². The van der Waals surface area contributed by atoms with Crippen molar-refractivity contribution in [3.05, 3.63) is 23.8 Å². The summed E-state index contributed by atoms with van der Waals surface area (Å²) in [6, 6.07) is 7.10. The second-order valence-corrected chi connectivity index (χ2v) is 4.52. The molecule has 0 spiro atoms. The van der Waals surface area contributed by atoms with Gasteiger partial charge in [-0.15, -0.1) is 0 Å². The van der Waals surface area contributed by atoms with Crippen molar-refractivity contribution >= 4 is 23.3 Å². The number of benzene rings is 1. The van der Waals surface area contributed by atoms with E-state index in [-0.39, 0.29) is 24.8 Å². The van der Waals surface area contributed by atoms with Gasteiger partial charge in [0.2, 0.25) is 5.91 Å². The molecule has 1 saturated heterocycles. The lowest BCUT2D eigenvalue weighted by atomic mass is 10.1. The van der Waals surface area contributed by atoms with Crippen molar-refractivity contribution in [3.8, 4) is 6.07 Å². The second kappa shape index (κ2) is 5.61. The quantitative estimate of drug-likeness (QED) is 0.835. The van der Waals surface area contributed by atoms with Crippen LogP contribution in [0.1, 0.15) is 12.0 Å². The van der Waals surface area contributed by atoms with E-state index < -0.39 is 5.92 Å². The Bertz CT molecular complexity index is 592. The van der Waals surface area contributed by atoms with Gasteiger partial charge in [-0.05, 0) is 18.2 Å². The third-order valence-electron chi connectivity index (χ3n) is 3.35. The van der Waals surface area contributed by atoms with Crippen LogP contribution in [0.2, 0.25) is 0 Å². The lowest BCUT2D eigenvalue weighted by molar-refractivity contribution is -0.145. The number of hydrogen-bond acceptors (Lipinski definition) is 5. The SMILES string of the molecule is CNc1ccc(C#N)cc1N1CC(C(=O)OC)CC1=O. The maximum atomic E-state index is 12.1. The molecule has 6 heteroatoms. The minimum absolute atomic E-state index is 0.132.